The number of halogens is 4. The minimum atomic E-state index is -1.57. The Kier molecular flexibility index (Phi) is 5.76. The Labute approximate surface area is 124 Å². The molecule has 1 rings (SSSR count). The molecular formula is C14H12F4N4. The molecule has 8 heteroatoms. The highest BCUT2D eigenvalue weighted by Crippen LogP contribution is 2.32. The summed E-state index contributed by atoms with van der Waals surface area (Å²) in [6.07, 6.45) is 1.01. The lowest BCUT2D eigenvalue weighted by atomic mass is 9.97. The van der Waals surface area contributed by atoms with Gasteiger partial charge in [-0.2, -0.15) is 10.5 Å². The molecule has 0 saturated carbocycles. The van der Waals surface area contributed by atoms with Crippen LogP contribution in [0.15, 0.2) is 17.8 Å². The SMILES string of the molecule is CCC(C)c1c(F)cc(N(F)NC=C(C#N)C#N)c(F)c1F. The average molecular weight is 312 g/mol. The zero-order chi connectivity index (χ0) is 16.9. The summed E-state index contributed by atoms with van der Waals surface area (Å²) in [6, 6.07) is 3.36. The third-order valence-electron chi connectivity index (χ3n) is 3.05. The van der Waals surface area contributed by atoms with Crippen LogP contribution in [0.4, 0.5) is 23.3 Å². The monoisotopic (exact) mass is 312 g/mol. The van der Waals surface area contributed by atoms with E-state index >= 15 is 0 Å². The van der Waals surface area contributed by atoms with Crippen LogP contribution in [0.2, 0.25) is 0 Å². The first-order chi connectivity index (χ1) is 10.4. The fourth-order valence-electron chi connectivity index (χ4n) is 1.68. The molecule has 22 heavy (non-hydrogen) atoms. The fraction of sp³-hybridized carbons (Fsp3) is 0.286. The Morgan fingerprint density at radius 2 is 1.91 bits per heavy atom. The molecule has 1 unspecified atom stereocenters. The van der Waals surface area contributed by atoms with Crippen molar-refractivity contribution in [1.29, 1.82) is 10.5 Å². The summed E-state index contributed by atoms with van der Waals surface area (Å²) in [6.45, 7) is 3.19. The van der Waals surface area contributed by atoms with E-state index in [1.54, 1.807) is 12.3 Å². The molecule has 0 aromatic heterocycles. The van der Waals surface area contributed by atoms with Crippen molar-refractivity contribution in [2.45, 2.75) is 26.2 Å². The van der Waals surface area contributed by atoms with Gasteiger partial charge in [0.15, 0.2) is 11.6 Å². The van der Waals surface area contributed by atoms with Crippen LogP contribution in [0.1, 0.15) is 31.7 Å². The highest BCUT2D eigenvalue weighted by atomic mass is 19.2. The number of benzene rings is 1. The summed E-state index contributed by atoms with van der Waals surface area (Å²) < 4.78 is 55.3. The van der Waals surface area contributed by atoms with Crippen molar-refractivity contribution in [3.8, 4) is 12.1 Å². The Balaban J connectivity index is 3.21. The molecule has 0 aliphatic carbocycles. The summed E-state index contributed by atoms with van der Waals surface area (Å²) in [4.78, 5) is 0. The van der Waals surface area contributed by atoms with E-state index in [0.29, 0.717) is 18.7 Å². The van der Waals surface area contributed by atoms with Crippen molar-refractivity contribution in [3.05, 3.63) is 40.9 Å². The van der Waals surface area contributed by atoms with E-state index in [1.165, 1.54) is 19.1 Å². The number of allylic oxidation sites excluding steroid dienone is 1. The highest BCUT2D eigenvalue weighted by Gasteiger charge is 2.25. The van der Waals surface area contributed by atoms with Crippen LogP contribution in [0.5, 0.6) is 0 Å². The van der Waals surface area contributed by atoms with Gasteiger partial charge in [0.2, 0.25) is 0 Å². The number of nitriles is 2. The molecule has 1 aromatic rings. The van der Waals surface area contributed by atoms with E-state index in [0.717, 1.165) is 0 Å². The van der Waals surface area contributed by atoms with Crippen LogP contribution in [0, 0.1) is 40.1 Å². The molecule has 1 aromatic carbocycles. The predicted octanol–water partition coefficient (Wildman–Crippen LogP) is 3.74. The van der Waals surface area contributed by atoms with Gasteiger partial charge in [-0.15, -0.1) is 5.23 Å². The van der Waals surface area contributed by atoms with E-state index < -0.39 is 45.4 Å². The van der Waals surface area contributed by atoms with Crippen molar-refractivity contribution in [2.75, 3.05) is 5.23 Å². The molecule has 0 spiro atoms. The summed E-state index contributed by atoms with van der Waals surface area (Å²) in [7, 11) is 0. The second kappa shape index (κ2) is 7.32. The molecule has 0 heterocycles. The van der Waals surface area contributed by atoms with Gasteiger partial charge in [0.25, 0.3) is 0 Å². The summed E-state index contributed by atoms with van der Waals surface area (Å²) in [5.41, 5.74) is -0.245. The molecular weight excluding hydrogens is 300 g/mol. The van der Waals surface area contributed by atoms with Gasteiger partial charge in [0, 0.05) is 17.8 Å². The van der Waals surface area contributed by atoms with Gasteiger partial charge in [-0.05, 0) is 12.3 Å². The van der Waals surface area contributed by atoms with Gasteiger partial charge in [0.1, 0.15) is 29.2 Å². The Morgan fingerprint density at radius 1 is 1.32 bits per heavy atom. The number of nitrogens with zero attached hydrogens (tertiary/aromatic N) is 3. The molecule has 1 atom stereocenters. The molecule has 4 nitrogen and oxygen atoms in total. The second-order valence-corrected chi connectivity index (χ2v) is 4.42. The van der Waals surface area contributed by atoms with E-state index in [9.17, 15) is 17.7 Å². The first-order valence-corrected chi connectivity index (χ1v) is 6.27. The standard InChI is InChI=1S/C14H12F4N4/c1-3-8(2)12-10(15)4-11(13(16)14(12)17)22(18)21-7-9(5-19)6-20/h4,7-8,21H,3H2,1-2H3. The second-order valence-electron chi connectivity index (χ2n) is 4.42. The maximum atomic E-state index is 13.9. The van der Waals surface area contributed by atoms with Crippen molar-refractivity contribution in [1.82, 2.24) is 5.43 Å². The first kappa shape index (κ1) is 17.3. The van der Waals surface area contributed by atoms with Crippen molar-refractivity contribution in [3.63, 3.8) is 0 Å². The van der Waals surface area contributed by atoms with Gasteiger partial charge in [-0.3, -0.25) is 5.43 Å². The predicted molar refractivity (Wildman–Crippen MR) is 71.1 cm³/mol. The van der Waals surface area contributed by atoms with E-state index in [-0.39, 0.29) is 0 Å². The average Bonchev–Trinajstić information content (AvgIpc) is 2.51. The Bertz CT molecular complexity index is 657. The van der Waals surface area contributed by atoms with Gasteiger partial charge in [-0.25, -0.2) is 13.2 Å². The van der Waals surface area contributed by atoms with Crippen LogP contribution >= 0.6 is 0 Å². The van der Waals surface area contributed by atoms with Crippen LogP contribution < -0.4 is 10.7 Å². The number of anilines is 1. The third kappa shape index (κ3) is 3.47. The molecule has 1 N–H and O–H groups in total. The van der Waals surface area contributed by atoms with Crippen LogP contribution in [-0.4, -0.2) is 0 Å². The zero-order valence-electron chi connectivity index (χ0n) is 11.8. The molecule has 0 amide bonds. The van der Waals surface area contributed by atoms with Crippen molar-refractivity contribution in [2.24, 2.45) is 0 Å². The Hall–Kier alpha value is -2.74. The fourth-order valence-corrected chi connectivity index (χ4v) is 1.68. The molecule has 0 saturated heterocycles. The van der Waals surface area contributed by atoms with Gasteiger partial charge in [0.05, 0.1) is 0 Å². The van der Waals surface area contributed by atoms with Gasteiger partial charge < -0.3 is 0 Å². The molecule has 0 aliphatic heterocycles. The lowest BCUT2D eigenvalue weighted by molar-refractivity contribution is 0.378. The van der Waals surface area contributed by atoms with Crippen molar-refractivity contribution >= 4 is 5.69 Å². The lowest BCUT2D eigenvalue weighted by Crippen LogP contribution is -2.27. The summed E-state index contributed by atoms with van der Waals surface area (Å²) in [5, 5.41) is 16.4. The quantitative estimate of drug-likeness (QED) is 0.296. The van der Waals surface area contributed by atoms with Crippen molar-refractivity contribution < 1.29 is 17.7 Å². The molecule has 0 radical (unpaired) electrons. The maximum absolute atomic E-state index is 13.9. The lowest BCUT2D eigenvalue weighted by Gasteiger charge is -2.18. The maximum Gasteiger partial charge on any atom is 0.187 e. The van der Waals surface area contributed by atoms with Crippen LogP contribution in [-0.2, 0) is 0 Å². The molecule has 0 fully saturated rings. The topological polar surface area (TPSA) is 62.9 Å². The molecule has 0 bridgehead atoms. The van der Waals surface area contributed by atoms with Crippen LogP contribution in [0.25, 0.3) is 0 Å². The smallest absolute Gasteiger partial charge is 0.187 e. The molecule has 0 aliphatic rings. The number of hydrazine groups is 1. The van der Waals surface area contributed by atoms with Crippen LogP contribution in [0.3, 0.4) is 0 Å². The first-order valence-electron chi connectivity index (χ1n) is 6.27. The summed E-state index contributed by atoms with van der Waals surface area (Å²) in [5.74, 6) is -4.71. The summed E-state index contributed by atoms with van der Waals surface area (Å²) >= 11 is 0. The van der Waals surface area contributed by atoms with E-state index in [1.807, 2.05) is 0 Å². The van der Waals surface area contributed by atoms with Gasteiger partial charge >= 0.3 is 0 Å². The minimum Gasteiger partial charge on any atom is -0.275 e. The number of rotatable bonds is 5. The van der Waals surface area contributed by atoms with Gasteiger partial charge in [-0.1, -0.05) is 18.3 Å². The third-order valence-corrected chi connectivity index (χ3v) is 3.05. The van der Waals surface area contributed by atoms with E-state index in [2.05, 4.69) is 0 Å². The number of hydrogen-bond acceptors (Lipinski definition) is 4. The Morgan fingerprint density at radius 3 is 2.41 bits per heavy atom. The van der Waals surface area contributed by atoms with E-state index in [4.69, 9.17) is 10.5 Å². The zero-order valence-corrected chi connectivity index (χ0v) is 11.8. The molecule has 116 valence electrons. The highest BCUT2D eigenvalue weighted by molar-refractivity contribution is 5.49. The normalized spacial score (nSPS) is 11.1. The number of hydrogen-bond donors (Lipinski definition) is 1. The number of nitrogens with one attached hydrogen (secondary N) is 1. The largest absolute Gasteiger partial charge is 0.275 e. The minimum absolute atomic E-state index is 0.376.